The molecular formula is C11H20ClN3O3S. The predicted octanol–water partition coefficient (Wildman–Crippen LogP) is -0.974. The van der Waals surface area contributed by atoms with Crippen molar-refractivity contribution in [2.45, 2.75) is 19.1 Å². The number of β-amino-alcohol motifs (C(OH)–C–C–N with tert-alkyl or cyclic N) is 1. The van der Waals surface area contributed by atoms with Crippen LogP contribution in [0.3, 0.4) is 0 Å². The van der Waals surface area contributed by atoms with Crippen LogP contribution in [0, 0.1) is 5.92 Å². The number of rotatable bonds is 3. The molecule has 2 saturated heterocycles. The molecule has 0 bridgehead atoms. The van der Waals surface area contributed by atoms with Gasteiger partial charge in [0, 0.05) is 38.2 Å². The molecule has 6 nitrogen and oxygen atoms in total. The maximum absolute atomic E-state index is 12.0. The van der Waals surface area contributed by atoms with Gasteiger partial charge in [0.1, 0.15) is 6.04 Å². The summed E-state index contributed by atoms with van der Waals surface area (Å²) >= 11 is 1.59. The standard InChI is InChI=1S/C11H19N3O3S.ClH/c1-7(15)14-6-18-5-9(14)11(17)13-3-8-2-12-4-10(8)16;/h8-10,12,16H,2-6H2,1H3,(H,13,17);1H. The van der Waals surface area contributed by atoms with Crippen molar-refractivity contribution in [3.05, 3.63) is 0 Å². The highest BCUT2D eigenvalue weighted by Crippen LogP contribution is 2.21. The first kappa shape index (κ1) is 16.6. The minimum absolute atomic E-state index is 0. The number of thioether (sulfide) groups is 1. The summed E-state index contributed by atoms with van der Waals surface area (Å²) < 4.78 is 0. The van der Waals surface area contributed by atoms with Gasteiger partial charge in [0.15, 0.2) is 0 Å². The van der Waals surface area contributed by atoms with Crippen LogP contribution in [-0.4, -0.2) is 65.2 Å². The lowest BCUT2D eigenvalue weighted by Crippen LogP contribution is -2.48. The number of hydrogen-bond acceptors (Lipinski definition) is 5. The lowest BCUT2D eigenvalue weighted by Gasteiger charge is -2.22. The molecule has 2 heterocycles. The molecule has 3 unspecified atom stereocenters. The maximum atomic E-state index is 12.0. The fourth-order valence-corrected chi connectivity index (χ4v) is 3.47. The van der Waals surface area contributed by atoms with E-state index in [0.717, 1.165) is 6.54 Å². The number of halogens is 1. The van der Waals surface area contributed by atoms with Gasteiger partial charge >= 0.3 is 0 Å². The number of nitrogens with zero attached hydrogens (tertiary/aromatic N) is 1. The Balaban J connectivity index is 0.00000180. The summed E-state index contributed by atoms with van der Waals surface area (Å²) in [5.41, 5.74) is 0. The van der Waals surface area contributed by atoms with E-state index in [2.05, 4.69) is 10.6 Å². The van der Waals surface area contributed by atoms with E-state index in [9.17, 15) is 14.7 Å². The summed E-state index contributed by atoms with van der Waals surface area (Å²) in [6, 6.07) is -0.362. The van der Waals surface area contributed by atoms with Crippen molar-refractivity contribution < 1.29 is 14.7 Å². The highest BCUT2D eigenvalue weighted by atomic mass is 35.5. The number of carbonyl (C=O) groups is 2. The van der Waals surface area contributed by atoms with Gasteiger partial charge in [0.25, 0.3) is 0 Å². The SMILES string of the molecule is CC(=O)N1CSCC1C(=O)NCC1CNCC1O.Cl. The molecule has 2 fully saturated rings. The molecule has 2 rings (SSSR count). The first-order valence-corrected chi connectivity index (χ1v) is 7.26. The van der Waals surface area contributed by atoms with Crippen LogP contribution in [0.1, 0.15) is 6.92 Å². The van der Waals surface area contributed by atoms with Gasteiger partial charge in [-0.2, -0.15) is 0 Å². The molecule has 2 amide bonds. The molecule has 0 aromatic heterocycles. The van der Waals surface area contributed by atoms with Crippen molar-refractivity contribution in [2.75, 3.05) is 31.3 Å². The fraction of sp³-hybridized carbons (Fsp3) is 0.818. The van der Waals surface area contributed by atoms with Gasteiger partial charge in [-0.1, -0.05) is 0 Å². The molecular weight excluding hydrogens is 290 g/mol. The molecule has 0 aromatic rings. The number of aliphatic hydroxyl groups is 1. The Morgan fingerprint density at radius 1 is 1.47 bits per heavy atom. The van der Waals surface area contributed by atoms with Gasteiger partial charge in [0.05, 0.1) is 12.0 Å². The van der Waals surface area contributed by atoms with Gasteiger partial charge in [-0.25, -0.2) is 0 Å². The minimum atomic E-state index is -0.396. The van der Waals surface area contributed by atoms with Crippen LogP contribution in [0.2, 0.25) is 0 Å². The Hall–Kier alpha value is -0.500. The normalized spacial score (nSPS) is 30.0. The summed E-state index contributed by atoms with van der Waals surface area (Å²) in [7, 11) is 0. The summed E-state index contributed by atoms with van der Waals surface area (Å²) in [5, 5.41) is 15.5. The molecule has 0 aromatic carbocycles. The lowest BCUT2D eigenvalue weighted by molar-refractivity contribution is -0.136. The van der Waals surface area contributed by atoms with Crippen molar-refractivity contribution in [3.63, 3.8) is 0 Å². The molecule has 110 valence electrons. The monoisotopic (exact) mass is 309 g/mol. The first-order chi connectivity index (χ1) is 8.59. The molecule has 19 heavy (non-hydrogen) atoms. The molecule has 3 atom stereocenters. The van der Waals surface area contributed by atoms with Crippen LogP contribution in [0.4, 0.5) is 0 Å². The second kappa shape index (κ2) is 7.33. The zero-order valence-corrected chi connectivity index (χ0v) is 12.4. The largest absolute Gasteiger partial charge is 0.391 e. The maximum Gasteiger partial charge on any atom is 0.243 e. The summed E-state index contributed by atoms with van der Waals surface area (Å²) in [6.45, 7) is 3.24. The average molecular weight is 310 g/mol. The lowest BCUT2D eigenvalue weighted by atomic mass is 10.1. The quantitative estimate of drug-likeness (QED) is 0.625. The number of amides is 2. The highest BCUT2D eigenvalue weighted by molar-refractivity contribution is 7.99. The highest BCUT2D eigenvalue weighted by Gasteiger charge is 2.33. The number of carbonyl (C=O) groups excluding carboxylic acids is 2. The molecule has 0 radical (unpaired) electrons. The summed E-state index contributed by atoms with van der Waals surface area (Å²) in [5.74, 6) is 1.11. The van der Waals surface area contributed by atoms with Crippen molar-refractivity contribution >= 4 is 36.0 Å². The van der Waals surface area contributed by atoms with Gasteiger partial charge in [-0.05, 0) is 0 Å². The molecule has 3 N–H and O–H groups in total. The van der Waals surface area contributed by atoms with E-state index in [1.54, 1.807) is 16.7 Å². The Kier molecular flexibility index (Phi) is 6.38. The predicted molar refractivity (Wildman–Crippen MR) is 76.3 cm³/mol. The summed E-state index contributed by atoms with van der Waals surface area (Å²) in [4.78, 5) is 24.9. The third-order valence-corrected chi connectivity index (χ3v) is 4.44. The van der Waals surface area contributed by atoms with E-state index in [1.165, 1.54) is 6.92 Å². The zero-order valence-electron chi connectivity index (χ0n) is 10.8. The molecule has 0 spiro atoms. The molecule has 2 aliphatic heterocycles. The third kappa shape index (κ3) is 3.98. The van der Waals surface area contributed by atoms with Crippen LogP contribution in [-0.2, 0) is 9.59 Å². The van der Waals surface area contributed by atoms with Gasteiger partial charge < -0.3 is 20.6 Å². The van der Waals surface area contributed by atoms with Gasteiger partial charge in [-0.15, -0.1) is 24.2 Å². The second-order valence-corrected chi connectivity index (χ2v) is 5.74. The minimum Gasteiger partial charge on any atom is -0.391 e. The zero-order chi connectivity index (χ0) is 13.1. The third-order valence-electron chi connectivity index (χ3n) is 3.43. The van der Waals surface area contributed by atoms with E-state index >= 15 is 0 Å². The van der Waals surface area contributed by atoms with Gasteiger partial charge in [-0.3, -0.25) is 9.59 Å². The second-order valence-electron chi connectivity index (χ2n) is 4.74. The van der Waals surface area contributed by atoms with E-state index in [4.69, 9.17) is 0 Å². The molecule has 0 aliphatic carbocycles. The Morgan fingerprint density at radius 2 is 2.21 bits per heavy atom. The average Bonchev–Trinajstić information content (AvgIpc) is 2.94. The van der Waals surface area contributed by atoms with E-state index in [0.29, 0.717) is 24.7 Å². The van der Waals surface area contributed by atoms with Crippen molar-refractivity contribution in [1.82, 2.24) is 15.5 Å². The van der Waals surface area contributed by atoms with Crippen molar-refractivity contribution in [1.29, 1.82) is 0 Å². The Morgan fingerprint density at radius 3 is 2.79 bits per heavy atom. The molecule has 0 saturated carbocycles. The number of hydrogen-bond donors (Lipinski definition) is 3. The van der Waals surface area contributed by atoms with Gasteiger partial charge in [0.2, 0.25) is 11.8 Å². The van der Waals surface area contributed by atoms with E-state index < -0.39 is 6.10 Å². The van der Waals surface area contributed by atoms with E-state index in [-0.39, 0.29) is 36.2 Å². The van der Waals surface area contributed by atoms with Crippen LogP contribution in [0.5, 0.6) is 0 Å². The van der Waals surface area contributed by atoms with Crippen molar-refractivity contribution in [2.24, 2.45) is 5.92 Å². The van der Waals surface area contributed by atoms with Crippen LogP contribution >= 0.6 is 24.2 Å². The number of nitrogens with one attached hydrogen (secondary N) is 2. The fourth-order valence-electron chi connectivity index (χ4n) is 2.25. The number of aliphatic hydroxyl groups excluding tert-OH is 1. The Labute approximate surface area is 123 Å². The van der Waals surface area contributed by atoms with Crippen LogP contribution < -0.4 is 10.6 Å². The molecule has 8 heteroatoms. The first-order valence-electron chi connectivity index (χ1n) is 6.11. The van der Waals surface area contributed by atoms with Crippen molar-refractivity contribution in [3.8, 4) is 0 Å². The Bertz CT molecular complexity index is 345. The van der Waals surface area contributed by atoms with Crippen LogP contribution in [0.25, 0.3) is 0 Å². The smallest absolute Gasteiger partial charge is 0.243 e. The summed E-state index contributed by atoms with van der Waals surface area (Å²) in [6.07, 6.45) is -0.396. The van der Waals surface area contributed by atoms with Crippen LogP contribution in [0.15, 0.2) is 0 Å². The molecule has 2 aliphatic rings. The van der Waals surface area contributed by atoms with E-state index in [1.807, 2.05) is 0 Å². The topological polar surface area (TPSA) is 81.7 Å².